The zero-order valence-corrected chi connectivity index (χ0v) is 11.9. The molecule has 2 rings (SSSR count). The van der Waals surface area contributed by atoms with Gasteiger partial charge in [-0.2, -0.15) is 5.26 Å². The maximum absolute atomic E-state index is 9.69. The molecule has 0 aliphatic carbocycles. The molecule has 1 unspecified atom stereocenters. The van der Waals surface area contributed by atoms with Crippen molar-refractivity contribution >= 4 is 5.69 Å². The second-order valence-corrected chi connectivity index (χ2v) is 4.82. The van der Waals surface area contributed by atoms with Crippen molar-refractivity contribution in [2.75, 3.05) is 25.5 Å². The summed E-state index contributed by atoms with van der Waals surface area (Å²) in [6, 6.07) is 22.4. The molecule has 0 heterocycles. The van der Waals surface area contributed by atoms with Crippen LogP contribution in [0.2, 0.25) is 0 Å². The minimum absolute atomic E-state index is 0.577. The molecule has 0 amide bonds. The summed E-state index contributed by atoms with van der Waals surface area (Å²) in [6.07, 6.45) is 0. The molecule has 0 saturated heterocycles. The highest BCUT2D eigenvalue weighted by molar-refractivity contribution is 5.47. The maximum atomic E-state index is 9.69. The molecule has 0 aliphatic heterocycles. The Bertz CT molecular complexity index is 574. The number of nitrogens with zero attached hydrogens (tertiary/aromatic N) is 2. The molecule has 1 atom stereocenters. The lowest BCUT2D eigenvalue weighted by Gasteiger charge is -2.32. The highest BCUT2D eigenvalue weighted by Crippen LogP contribution is 2.23. The topological polar surface area (TPSA) is 39.1 Å². The van der Waals surface area contributed by atoms with E-state index in [1.165, 1.54) is 0 Å². The number of likely N-dealkylation sites (N-methyl/N-ethyl adjacent to an activating group) is 2. The lowest BCUT2D eigenvalue weighted by Crippen LogP contribution is -2.47. The molecule has 0 aliphatic rings. The average Bonchev–Trinajstić information content (AvgIpc) is 2.54. The number of anilines is 1. The summed E-state index contributed by atoms with van der Waals surface area (Å²) >= 11 is 0. The van der Waals surface area contributed by atoms with Crippen molar-refractivity contribution in [1.29, 1.82) is 5.26 Å². The second kappa shape index (κ2) is 6.23. The molecule has 0 radical (unpaired) electrons. The Kier molecular flexibility index (Phi) is 4.39. The summed E-state index contributed by atoms with van der Waals surface area (Å²) in [5, 5.41) is 12.9. The van der Waals surface area contributed by atoms with Crippen LogP contribution in [0.15, 0.2) is 60.7 Å². The SMILES string of the molecule is CNC(C#N)(CN(C)c1ccccc1)c1ccccc1. The Hall–Kier alpha value is -2.31. The molecule has 0 saturated carbocycles. The number of rotatable bonds is 5. The molecule has 102 valence electrons. The van der Waals surface area contributed by atoms with Gasteiger partial charge in [-0.25, -0.2) is 0 Å². The van der Waals surface area contributed by atoms with E-state index in [9.17, 15) is 5.26 Å². The molecular formula is C17H19N3. The van der Waals surface area contributed by atoms with Crippen LogP contribution >= 0.6 is 0 Å². The summed E-state index contributed by atoms with van der Waals surface area (Å²) in [4.78, 5) is 2.09. The Morgan fingerprint density at radius 3 is 2.10 bits per heavy atom. The zero-order valence-electron chi connectivity index (χ0n) is 11.9. The number of para-hydroxylation sites is 1. The van der Waals surface area contributed by atoms with E-state index in [2.05, 4.69) is 16.3 Å². The predicted molar refractivity (Wildman–Crippen MR) is 82.5 cm³/mol. The second-order valence-electron chi connectivity index (χ2n) is 4.82. The monoisotopic (exact) mass is 265 g/mol. The van der Waals surface area contributed by atoms with Crippen molar-refractivity contribution in [3.05, 3.63) is 66.2 Å². The van der Waals surface area contributed by atoms with Crippen molar-refractivity contribution in [2.24, 2.45) is 0 Å². The van der Waals surface area contributed by atoms with Crippen LogP contribution in [-0.2, 0) is 5.54 Å². The molecule has 2 aromatic rings. The number of hydrogen-bond donors (Lipinski definition) is 1. The van der Waals surface area contributed by atoms with Gasteiger partial charge in [-0.05, 0) is 24.7 Å². The van der Waals surface area contributed by atoms with Crippen LogP contribution in [0.5, 0.6) is 0 Å². The predicted octanol–water partition coefficient (Wildman–Crippen LogP) is 2.76. The van der Waals surface area contributed by atoms with E-state index in [0.29, 0.717) is 6.54 Å². The van der Waals surface area contributed by atoms with Gasteiger partial charge in [-0.15, -0.1) is 0 Å². The summed E-state index contributed by atoms with van der Waals surface area (Å²) in [5.41, 5.74) is 1.36. The first-order valence-corrected chi connectivity index (χ1v) is 6.64. The average molecular weight is 265 g/mol. The highest BCUT2D eigenvalue weighted by atomic mass is 15.1. The Balaban J connectivity index is 2.29. The molecule has 0 spiro atoms. The number of nitrogens with one attached hydrogen (secondary N) is 1. The van der Waals surface area contributed by atoms with Crippen molar-refractivity contribution in [3.8, 4) is 6.07 Å². The van der Waals surface area contributed by atoms with E-state index in [1.807, 2.05) is 74.8 Å². The lowest BCUT2D eigenvalue weighted by atomic mass is 9.91. The molecule has 0 bridgehead atoms. The smallest absolute Gasteiger partial charge is 0.149 e. The van der Waals surface area contributed by atoms with Gasteiger partial charge in [0.1, 0.15) is 5.54 Å². The maximum Gasteiger partial charge on any atom is 0.149 e. The van der Waals surface area contributed by atoms with Crippen LogP contribution in [0.4, 0.5) is 5.69 Å². The fraction of sp³-hybridized carbons (Fsp3) is 0.235. The van der Waals surface area contributed by atoms with E-state index in [1.54, 1.807) is 0 Å². The van der Waals surface area contributed by atoms with E-state index in [4.69, 9.17) is 0 Å². The van der Waals surface area contributed by atoms with Gasteiger partial charge in [-0.3, -0.25) is 5.32 Å². The quantitative estimate of drug-likeness (QED) is 0.903. The summed E-state index contributed by atoms with van der Waals surface area (Å²) < 4.78 is 0. The lowest BCUT2D eigenvalue weighted by molar-refractivity contribution is 0.470. The van der Waals surface area contributed by atoms with Gasteiger partial charge in [0.15, 0.2) is 0 Å². The fourth-order valence-corrected chi connectivity index (χ4v) is 2.32. The Morgan fingerprint density at radius 2 is 1.60 bits per heavy atom. The molecule has 0 fully saturated rings. The Labute approximate surface area is 120 Å². The summed E-state index contributed by atoms with van der Waals surface area (Å²) in [7, 11) is 3.83. The molecule has 1 N–H and O–H groups in total. The standard InChI is InChI=1S/C17H19N3/c1-19-17(13-18,15-9-5-3-6-10-15)14-20(2)16-11-7-4-8-12-16/h3-12,19H,14H2,1-2H3. The third-order valence-electron chi connectivity index (χ3n) is 3.56. The van der Waals surface area contributed by atoms with Gasteiger partial charge >= 0.3 is 0 Å². The normalized spacial score (nSPS) is 13.2. The largest absolute Gasteiger partial charge is 0.371 e. The van der Waals surface area contributed by atoms with Crippen LogP contribution in [0.3, 0.4) is 0 Å². The highest BCUT2D eigenvalue weighted by Gasteiger charge is 2.31. The fourth-order valence-electron chi connectivity index (χ4n) is 2.32. The van der Waals surface area contributed by atoms with Crippen LogP contribution in [0.1, 0.15) is 5.56 Å². The van der Waals surface area contributed by atoms with Crippen molar-refractivity contribution in [1.82, 2.24) is 5.32 Å². The van der Waals surface area contributed by atoms with Gasteiger partial charge in [0.05, 0.1) is 12.6 Å². The molecule has 2 aromatic carbocycles. The Morgan fingerprint density at radius 1 is 1.05 bits per heavy atom. The van der Waals surface area contributed by atoms with Crippen LogP contribution in [-0.4, -0.2) is 20.6 Å². The third kappa shape index (κ3) is 2.81. The van der Waals surface area contributed by atoms with Crippen LogP contribution < -0.4 is 10.2 Å². The van der Waals surface area contributed by atoms with Crippen molar-refractivity contribution in [3.63, 3.8) is 0 Å². The molecule has 3 heteroatoms. The number of benzene rings is 2. The van der Waals surface area contributed by atoms with E-state index < -0.39 is 5.54 Å². The van der Waals surface area contributed by atoms with E-state index in [-0.39, 0.29) is 0 Å². The summed E-state index contributed by atoms with van der Waals surface area (Å²) in [6.45, 7) is 0.577. The molecule has 3 nitrogen and oxygen atoms in total. The minimum Gasteiger partial charge on any atom is -0.371 e. The molecular weight excluding hydrogens is 246 g/mol. The first-order chi connectivity index (χ1) is 9.72. The first kappa shape index (κ1) is 14.1. The summed E-state index contributed by atoms with van der Waals surface area (Å²) in [5.74, 6) is 0. The molecule has 20 heavy (non-hydrogen) atoms. The van der Waals surface area contributed by atoms with Crippen LogP contribution in [0, 0.1) is 11.3 Å². The first-order valence-electron chi connectivity index (χ1n) is 6.64. The minimum atomic E-state index is -0.716. The van der Waals surface area contributed by atoms with Crippen LogP contribution in [0.25, 0.3) is 0 Å². The van der Waals surface area contributed by atoms with Gasteiger partial charge in [0.2, 0.25) is 0 Å². The van der Waals surface area contributed by atoms with E-state index in [0.717, 1.165) is 11.3 Å². The third-order valence-corrected chi connectivity index (χ3v) is 3.56. The van der Waals surface area contributed by atoms with Gasteiger partial charge in [0, 0.05) is 12.7 Å². The van der Waals surface area contributed by atoms with Gasteiger partial charge in [0.25, 0.3) is 0 Å². The van der Waals surface area contributed by atoms with Crippen molar-refractivity contribution in [2.45, 2.75) is 5.54 Å². The van der Waals surface area contributed by atoms with Crippen molar-refractivity contribution < 1.29 is 0 Å². The molecule has 0 aromatic heterocycles. The zero-order chi connectivity index (χ0) is 14.4. The van der Waals surface area contributed by atoms with Gasteiger partial charge < -0.3 is 4.90 Å². The van der Waals surface area contributed by atoms with Gasteiger partial charge in [-0.1, -0.05) is 48.5 Å². The number of nitriles is 1. The van der Waals surface area contributed by atoms with E-state index >= 15 is 0 Å². The number of hydrogen-bond acceptors (Lipinski definition) is 3.